The number of nitrogens with zero attached hydrogens (tertiary/aromatic N) is 1. The number of benzene rings is 1. The van der Waals surface area contributed by atoms with E-state index in [0.717, 1.165) is 5.56 Å². The third-order valence-electron chi connectivity index (χ3n) is 1.80. The largest absolute Gasteiger partial charge is 0.370 e. The summed E-state index contributed by atoms with van der Waals surface area (Å²) >= 11 is 5.81. The molecule has 16 heavy (non-hydrogen) atoms. The Morgan fingerprint density at radius 3 is 2.69 bits per heavy atom. The number of hydrogen-bond acceptors (Lipinski definition) is 1. The van der Waals surface area contributed by atoms with E-state index in [4.69, 9.17) is 23.1 Å². The highest BCUT2D eigenvalue weighted by Crippen LogP contribution is 2.14. The molecule has 4 nitrogen and oxygen atoms in total. The predicted octanol–water partition coefficient (Wildman–Crippen LogP) is 1.54. The summed E-state index contributed by atoms with van der Waals surface area (Å²) < 4.78 is 0. The molecule has 0 atom stereocenters. The minimum absolute atomic E-state index is 0.246. The molecule has 1 rings (SSSR count). The van der Waals surface area contributed by atoms with Gasteiger partial charge in [-0.2, -0.15) is 4.99 Å². The Kier molecular flexibility index (Phi) is 4.08. The Hall–Kier alpha value is -1.81. The molecular weight excluding hydrogens is 226 g/mol. The van der Waals surface area contributed by atoms with E-state index in [-0.39, 0.29) is 5.96 Å². The first-order chi connectivity index (χ1) is 7.49. The quantitative estimate of drug-likeness (QED) is 0.465. The number of carbonyl (C=O) groups is 1. The van der Waals surface area contributed by atoms with Crippen molar-refractivity contribution in [2.75, 3.05) is 0 Å². The topological polar surface area (TPSA) is 81.5 Å². The third kappa shape index (κ3) is 3.74. The van der Waals surface area contributed by atoms with Crippen molar-refractivity contribution in [3.05, 3.63) is 40.4 Å². The molecule has 1 amide bonds. The molecule has 0 spiro atoms. The standard InChI is InChI=1S/C11H12ClN3O/c1-7(10(16)15-11(13)14)5-8-3-2-4-9(12)6-8/h2-6H,1H3,(H4,13,14,15,16)/b7-5+. The fraction of sp³-hybridized carbons (Fsp3) is 0.0909. The van der Waals surface area contributed by atoms with E-state index in [9.17, 15) is 4.79 Å². The van der Waals surface area contributed by atoms with Crippen LogP contribution in [0, 0.1) is 0 Å². The van der Waals surface area contributed by atoms with Crippen LogP contribution in [0.15, 0.2) is 34.8 Å². The highest BCUT2D eigenvalue weighted by molar-refractivity contribution is 6.30. The van der Waals surface area contributed by atoms with Gasteiger partial charge in [-0.05, 0) is 30.7 Å². The van der Waals surface area contributed by atoms with Crippen molar-refractivity contribution >= 4 is 29.5 Å². The molecule has 1 aromatic carbocycles. The van der Waals surface area contributed by atoms with Crippen LogP contribution in [0.2, 0.25) is 5.02 Å². The van der Waals surface area contributed by atoms with E-state index in [2.05, 4.69) is 4.99 Å². The van der Waals surface area contributed by atoms with Crippen LogP contribution in [-0.2, 0) is 4.79 Å². The van der Waals surface area contributed by atoms with Crippen molar-refractivity contribution in [2.45, 2.75) is 6.92 Å². The summed E-state index contributed by atoms with van der Waals surface area (Å²) in [5.74, 6) is -0.705. The minimum Gasteiger partial charge on any atom is -0.370 e. The number of hydrogen-bond donors (Lipinski definition) is 2. The lowest BCUT2D eigenvalue weighted by Gasteiger charge is -1.98. The maximum atomic E-state index is 11.4. The lowest BCUT2D eigenvalue weighted by atomic mass is 10.1. The Labute approximate surface area is 98.6 Å². The molecule has 0 bridgehead atoms. The molecule has 5 heteroatoms. The monoisotopic (exact) mass is 237 g/mol. The Balaban J connectivity index is 2.93. The van der Waals surface area contributed by atoms with Crippen LogP contribution in [0.3, 0.4) is 0 Å². The van der Waals surface area contributed by atoms with E-state index in [1.54, 1.807) is 31.2 Å². The molecule has 4 N–H and O–H groups in total. The van der Waals surface area contributed by atoms with Crippen molar-refractivity contribution in [1.82, 2.24) is 0 Å². The summed E-state index contributed by atoms with van der Waals surface area (Å²) in [4.78, 5) is 14.8. The van der Waals surface area contributed by atoms with Gasteiger partial charge >= 0.3 is 0 Å². The second-order valence-corrected chi connectivity index (χ2v) is 3.66. The molecular formula is C11H12ClN3O. The van der Waals surface area contributed by atoms with Gasteiger partial charge in [-0.15, -0.1) is 0 Å². The zero-order chi connectivity index (χ0) is 12.1. The minimum atomic E-state index is -0.458. The average Bonchev–Trinajstić information content (AvgIpc) is 2.16. The molecule has 0 radical (unpaired) electrons. The normalized spacial score (nSPS) is 11.0. The Morgan fingerprint density at radius 1 is 1.44 bits per heavy atom. The molecule has 0 fully saturated rings. The summed E-state index contributed by atoms with van der Waals surface area (Å²) in [5, 5.41) is 0.607. The summed E-state index contributed by atoms with van der Waals surface area (Å²) in [6, 6.07) is 7.13. The van der Waals surface area contributed by atoms with E-state index in [1.807, 2.05) is 6.07 Å². The SMILES string of the molecule is C/C(=C\c1cccc(Cl)c1)C(=O)N=C(N)N. The van der Waals surface area contributed by atoms with Gasteiger partial charge in [0.25, 0.3) is 5.91 Å². The fourth-order valence-electron chi connectivity index (χ4n) is 1.11. The highest BCUT2D eigenvalue weighted by atomic mass is 35.5. The molecule has 1 aromatic rings. The first-order valence-electron chi connectivity index (χ1n) is 4.57. The van der Waals surface area contributed by atoms with Crippen molar-refractivity contribution in [1.29, 1.82) is 0 Å². The number of guanidine groups is 1. The zero-order valence-corrected chi connectivity index (χ0v) is 9.53. The number of nitrogens with two attached hydrogens (primary N) is 2. The van der Waals surface area contributed by atoms with Crippen molar-refractivity contribution in [2.24, 2.45) is 16.5 Å². The number of amides is 1. The van der Waals surface area contributed by atoms with E-state index in [0.29, 0.717) is 10.6 Å². The van der Waals surface area contributed by atoms with Crippen molar-refractivity contribution < 1.29 is 4.79 Å². The van der Waals surface area contributed by atoms with Crippen molar-refractivity contribution in [3.8, 4) is 0 Å². The van der Waals surface area contributed by atoms with Gasteiger partial charge in [-0.25, -0.2) is 0 Å². The summed E-state index contributed by atoms with van der Waals surface area (Å²) in [5.41, 5.74) is 11.5. The summed E-state index contributed by atoms with van der Waals surface area (Å²) in [6.07, 6.45) is 1.67. The van der Waals surface area contributed by atoms with Crippen LogP contribution in [0.5, 0.6) is 0 Å². The average molecular weight is 238 g/mol. The molecule has 0 aliphatic carbocycles. The van der Waals surface area contributed by atoms with Gasteiger partial charge < -0.3 is 11.5 Å². The number of halogens is 1. The third-order valence-corrected chi connectivity index (χ3v) is 2.03. The maximum Gasteiger partial charge on any atom is 0.275 e. The van der Waals surface area contributed by atoms with Gasteiger partial charge in [0.05, 0.1) is 0 Å². The number of aliphatic imine (C=N–C) groups is 1. The van der Waals surface area contributed by atoms with Gasteiger partial charge in [-0.1, -0.05) is 23.7 Å². The van der Waals surface area contributed by atoms with Gasteiger partial charge in [-0.3, -0.25) is 4.79 Å². The molecule has 0 aliphatic heterocycles. The molecule has 0 heterocycles. The number of rotatable bonds is 2. The van der Waals surface area contributed by atoms with Crippen LogP contribution in [0.1, 0.15) is 12.5 Å². The van der Waals surface area contributed by atoms with Crippen LogP contribution in [0.4, 0.5) is 0 Å². The molecule has 0 saturated heterocycles. The maximum absolute atomic E-state index is 11.4. The second-order valence-electron chi connectivity index (χ2n) is 3.22. The van der Waals surface area contributed by atoms with Crippen LogP contribution >= 0.6 is 11.6 Å². The van der Waals surface area contributed by atoms with Crippen LogP contribution in [-0.4, -0.2) is 11.9 Å². The van der Waals surface area contributed by atoms with Gasteiger partial charge in [0, 0.05) is 10.6 Å². The Bertz CT molecular complexity index is 462. The van der Waals surface area contributed by atoms with E-state index >= 15 is 0 Å². The predicted molar refractivity (Wildman–Crippen MR) is 65.9 cm³/mol. The van der Waals surface area contributed by atoms with Gasteiger partial charge in [0.15, 0.2) is 5.96 Å². The lowest BCUT2D eigenvalue weighted by molar-refractivity contribution is -0.114. The molecule has 84 valence electrons. The van der Waals surface area contributed by atoms with Gasteiger partial charge in [0.1, 0.15) is 0 Å². The molecule has 0 unspecified atom stereocenters. The second kappa shape index (κ2) is 5.32. The van der Waals surface area contributed by atoms with Crippen LogP contribution in [0.25, 0.3) is 6.08 Å². The first kappa shape index (κ1) is 12.3. The van der Waals surface area contributed by atoms with E-state index < -0.39 is 5.91 Å². The number of carbonyl (C=O) groups excluding carboxylic acids is 1. The fourth-order valence-corrected chi connectivity index (χ4v) is 1.31. The van der Waals surface area contributed by atoms with Crippen LogP contribution < -0.4 is 11.5 Å². The molecule has 0 saturated carbocycles. The van der Waals surface area contributed by atoms with E-state index in [1.165, 1.54) is 0 Å². The summed E-state index contributed by atoms with van der Waals surface area (Å²) in [7, 11) is 0. The van der Waals surface area contributed by atoms with Crippen molar-refractivity contribution in [3.63, 3.8) is 0 Å². The zero-order valence-electron chi connectivity index (χ0n) is 8.77. The Morgan fingerprint density at radius 2 is 2.12 bits per heavy atom. The summed E-state index contributed by atoms with van der Waals surface area (Å²) in [6.45, 7) is 1.63. The molecule has 0 aromatic heterocycles. The van der Waals surface area contributed by atoms with Gasteiger partial charge in [0.2, 0.25) is 0 Å². The lowest BCUT2D eigenvalue weighted by Crippen LogP contribution is -2.24. The first-order valence-corrected chi connectivity index (χ1v) is 4.94. The molecule has 0 aliphatic rings. The highest BCUT2D eigenvalue weighted by Gasteiger charge is 2.02. The smallest absolute Gasteiger partial charge is 0.275 e.